The summed E-state index contributed by atoms with van der Waals surface area (Å²) in [6.45, 7) is 4.21. The SMILES string of the molecule is Cc1ccc(-c2cn(C)c(=O)c3[nH]ccc23)cc1C. The van der Waals surface area contributed by atoms with Gasteiger partial charge in [-0.2, -0.15) is 0 Å². The Labute approximate surface area is 111 Å². The second-order valence-electron chi connectivity index (χ2n) is 5.02. The third-order valence-electron chi connectivity index (χ3n) is 3.71. The standard InChI is InChI=1S/C16H16N2O/c1-10-4-5-12(8-11(10)2)14-9-18(3)16(19)15-13(14)6-7-17-15/h4-9,17H,1-3H3. The van der Waals surface area contributed by atoms with Crippen LogP contribution in [0.3, 0.4) is 0 Å². The molecule has 1 N–H and O–H groups in total. The molecule has 0 radical (unpaired) electrons. The third kappa shape index (κ3) is 1.78. The van der Waals surface area contributed by atoms with Crippen LogP contribution in [0.15, 0.2) is 41.5 Å². The maximum atomic E-state index is 12.0. The van der Waals surface area contributed by atoms with Crippen molar-refractivity contribution in [2.75, 3.05) is 0 Å². The molecule has 0 aliphatic rings. The number of aromatic amines is 1. The van der Waals surface area contributed by atoms with E-state index in [0.717, 1.165) is 16.5 Å². The zero-order chi connectivity index (χ0) is 13.6. The van der Waals surface area contributed by atoms with E-state index in [-0.39, 0.29) is 5.56 Å². The predicted octanol–water partition coefficient (Wildman–Crippen LogP) is 3.15. The van der Waals surface area contributed by atoms with Crippen molar-refractivity contribution in [3.05, 3.63) is 58.1 Å². The first-order chi connectivity index (χ1) is 9.08. The lowest BCUT2D eigenvalue weighted by Crippen LogP contribution is -2.16. The maximum Gasteiger partial charge on any atom is 0.274 e. The van der Waals surface area contributed by atoms with Crippen LogP contribution in [0.4, 0.5) is 0 Å². The summed E-state index contributed by atoms with van der Waals surface area (Å²) in [4.78, 5) is 15.1. The third-order valence-corrected chi connectivity index (χ3v) is 3.71. The van der Waals surface area contributed by atoms with Gasteiger partial charge in [0, 0.05) is 30.4 Å². The van der Waals surface area contributed by atoms with Crippen LogP contribution in [0.2, 0.25) is 0 Å². The molecule has 1 aromatic carbocycles. The largest absolute Gasteiger partial charge is 0.357 e. The van der Waals surface area contributed by atoms with Gasteiger partial charge in [0.2, 0.25) is 0 Å². The number of rotatable bonds is 1. The predicted molar refractivity (Wildman–Crippen MR) is 78.4 cm³/mol. The molecule has 2 aromatic heterocycles. The molecule has 0 aliphatic carbocycles. The van der Waals surface area contributed by atoms with Gasteiger partial charge in [0.25, 0.3) is 5.56 Å². The summed E-state index contributed by atoms with van der Waals surface area (Å²) >= 11 is 0. The maximum absolute atomic E-state index is 12.0. The Morgan fingerprint density at radius 2 is 1.89 bits per heavy atom. The van der Waals surface area contributed by atoms with Gasteiger partial charge in [-0.05, 0) is 36.6 Å². The molecule has 96 valence electrons. The van der Waals surface area contributed by atoms with Crippen molar-refractivity contribution in [3.8, 4) is 11.1 Å². The molecule has 0 atom stereocenters. The summed E-state index contributed by atoms with van der Waals surface area (Å²) in [6, 6.07) is 8.35. The number of benzene rings is 1. The Balaban J connectivity index is 2.36. The first-order valence-corrected chi connectivity index (χ1v) is 6.32. The van der Waals surface area contributed by atoms with Crippen molar-refractivity contribution < 1.29 is 0 Å². The van der Waals surface area contributed by atoms with Gasteiger partial charge in [-0.25, -0.2) is 0 Å². The van der Waals surface area contributed by atoms with Crippen molar-refractivity contribution in [2.24, 2.45) is 7.05 Å². The number of nitrogens with one attached hydrogen (secondary N) is 1. The Morgan fingerprint density at radius 3 is 2.63 bits per heavy atom. The van der Waals surface area contributed by atoms with E-state index < -0.39 is 0 Å². The van der Waals surface area contributed by atoms with E-state index in [1.165, 1.54) is 11.1 Å². The molecule has 19 heavy (non-hydrogen) atoms. The van der Waals surface area contributed by atoms with E-state index in [2.05, 4.69) is 37.0 Å². The summed E-state index contributed by atoms with van der Waals surface area (Å²) in [5.41, 5.74) is 5.43. The molecule has 0 aliphatic heterocycles. The summed E-state index contributed by atoms with van der Waals surface area (Å²) in [7, 11) is 1.78. The summed E-state index contributed by atoms with van der Waals surface area (Å²) in [5, 5.41) is 0.978. The highest BCUT2D eigenvalue weighted by molar-refractivity contribution is 5.94. The van der Waals surface area contributed by atoms with E-state index in [0.29, 0.717) is 5.52 Å². The molecule has 0 saturated carbocycles. The van der Waals surface area contributed by atoms with Crippen LogP contribution in [-0.2, 0) is 7.05 Å². The molecular weight excluding hydrogens is 236 g/mol. The number of hydrogen-bond acceptors (Lipinski definition) is 1. The molecule has 0 spiro atoms. The molecule has 0 amide bonds. The van der Waals surface area contributed by atoms with E-state index >= 15 is 0 Å². The summed E-state index contributed by atoms with van der Waals surface area (Å²) in [6.07, 6.45) is 3.72. The zero-order valence-corrected chi connectivity index (χ0v) is 11.3. The van der Waals surface area contributed by atoms with E-state index in [1.54, 1.807) is 11.6 Å². The Morgan fingerprint density at radius 1 is 1.11 bits per heavy atom. The zero-order valence-electron chi connectivity index (χ0n) is 11.3. The fourth-order valence-electron chi connectivity index (χ4n) is 2.41. The lowest BCUT2D eigenvalue weighted by atomic mass is 9.99. The van der Waals surface area contributed by atoms with Crippen molar-refractivity contribution in [2.45, 2.75) is 13.8 Å². The van der Waals surface area contributed by atoms with Gasteiger partial charge < -0.3 is 9.55 Å². The monoisotopic (exact) mass is 252 g/mol. The van der Waals surface area contributed by atoms with E-state index in [9.17, 15) is 4.79 Å². The number of H-pyrrole nitrogens is 1. The minimum Gasteiger partial charge on any atom is -0.357 e. The summed E-state index contributed by atoms with van der Waals surface area (Å²) in [5.74, 6) is 0. The number of fused-ring (bicyclic) bond motifs is 1. The fraction of sp³-hybridized carbons (Fsp3) is 0.188. The minimum atomic E-state index is 0.00702. The first kappa shape index (κ1) is 11.8. The normalized spacial score (nSPS) is 11.1. The Bertz CT molecular complexity index is 824. The molecule has 3 heteroatoms. The number of nitrogens with zero attached hydrogens (tertiary/aromatic N) is 1. The van der Waals surface area contributed by atoms with Crippen LogP contribution in [0.25, 0.3) is 22.0 Å². The second-order valence-corrected chi connectivity index (χ2v) is 5.02. The van der Waals surface area contributed by atoms with E-state index in [4.69, 9.17) is 0 Å². The molecule has 3 aromatic rings. The van der Waals surface area contributed by atoms with Crippen LogP contribution < -0.4 is 5.56 Å². The van der Waals surface area contributed by atoms with Crippen molar-refractivity contribution in [1.82, 2.24) is 9.55 Å². The second kappa shape index (κ2) is 4.12. The molecule has 3 rings (SSSR count). The lowest BCUT2D eigenvalue weighted by molar-refractivity contribution is 0.872. The number of aromatic nitrogens is 2. The van der Waals surface area contributed by atoms with Crippen LogP contribution in [0.5, 0.6) is 0 Å². The average molecular weight is 252 g/mol. The smallest absolute Gasteiger partial charge is 0.274 e. The van der Waals surface area contributed by atoms with Gasteiger partial charge >= 0.3 is 0 Å². The number of aryl methyl sites for hydroxylation is 3. The molecule has 0 bridgehead atoms. The summed E-state index contributed by atoms with van der Waals surface area (Å²) < 4.78 is 1.63. The van der Waals surface area contributed by atoms with Gasteiger partial charge in [-0.15, -0.1) is 0 Å². The van der Waals surface area contributed by atoms with Crippen LogP contribution in [-0.4, -0.2) is 9.55 Å². The molecule has 3 nitrogen and oxygen atoms in total. The molecule has 0 unspecified atom stereocenters. The van der Waals surface area contributed by atoms with Crippen LogP contribution in [0.1, 0.15) is 11.1 Å². The average Bonchev–Trinajstić information content (AvgIpc) is 2.87. The first-order valence-electron chi connectivity index (χ1n) is 6.32. The molecular formula is C16H16N2O. The van der Waals surface area contributed by atoms with Gasteiger partial charge in [0.15, 0.2) is 0 Å². The number of hydrogen-bond donors (Lipinski definition) is 1. The van der Waals surface area contributed by atoms with Gasteiger partial charge in [-0.1, -0.05) is 18.2 Å². The van der Waals surface area contributed by atoms with Gasteiger partial charge in [-0.3, -0.25) is 4.79 Å². The fourth-order valence-corrected chi connectivity index (χ4v) is 2.41. The van der Waals surface area contributed by atoms with Crippen molar-refractivity contribution >= 4 is 10.9 Å². The van der Waals surface area contributed by atoms with Crippen LogP contribution >= 0.6 is 0 Å². The van der Waals surface area contributed by atoms with Gasteiger partial charge in [0.1, 0.15) is 5.52 Å². The van der Waals surface area contributed by atoms with E-state index in [1.807, 2.05) is 18.5 Å². The quantitative estimate of drug-likeness (QED) is 0.709. The molecule has 0 saturated heterocycles. The highest BCUT2D eigenvalue weighted by Gasteiger charge is 2.10. The molecule has 0 fully saturated rings. The van der Waals surface area contributed by atoms with Gasteiger partial charge in [0.05, 0.1) is 0 Å². The van der Waals surface area contributed by atoms with Crippen LogP contribution in [0, 0.1) is 13.8 Å². The topological polar surface area (TPSA) is 37.8 Å². The minimum absolute atomic E-state index is 0.00702. The van der Waals surface area contributed by atoms with Crippen molar-refractivity contribution in [1.29, 1.82) is 0 Å². The Hall–Kier alpha value is -2.29. The van der Waals surface area contributed by atoms with Crippen molar-refractivity contribution in [3.63, 3.8) is 0 Å². The Kier molecular flexibility index (Phi) is 2.56. The highest BCUT2D eigenvalue weighted by Crippen LogP contribution is 2.27. The number of pyridine rings is 1. The highest BCUT2D eigenvalue weighted by atomic mass is 16.1. The molecule has 2 heterocycles. The lowest BCUT2D eigenvalue weighted by Gasteiger charge is -2.09.